The maximum Gasteiger partial charge on any atom is 0.410 e. The number of nitrogens with zero attached hydrogens (tertiary/aromatic N) is 4. The number of rotatable bonds is 3. The summed E-state index contributed by atoms with van der Waals surface area (Å²) in [7, 11) is 0. The number of amides is 1. The Morgan fingerprint density at radius 2 is 2.00 bits per heavy atom. The van der Waals surface area contributed by atoms with E-state index in [0.29, 0.717) is 28.9 Å². The first-order valence-corrected chi connectivity index (χ1v) is 9.80. The molecule has 2 aromatic heterocycles. The summed E-state index contributed by atoms with van der Waals surface area (Å²) in [4.78, 5) is 18.5. The van der Waals surface area contributed by atoms with Crippen LogP contribution in [-0.4, -0.2) is 50.3 Å². The van der Waals surface area contributed by atoms with Gasteiger partial charge in [-0.05, 0) is 26.7 Å². The van der Waals surface area contributed by atoms with Crippen molar-refractivity contribution in [3.63, 3.8) is 0 Å². The third-order valence-corrected chi connectivity index (χ3v) is 5.44. The first-order valence-electron chi connectivity index (χ1n) is 9.42. The molecule has 1 N–H and O–H groups in total. The van der Waals surface area contributed by atoms with Crippen LogP contribution in [0.4, 0.5) is 10.6 Å². The highest BCUT2D eigenvalue weighted by atomic mass is 35.5. The zero-order chi connectivity index (χ0) is 19.5. The van der Waals surface area contributed by atoms with Crippen LogP contribution < -0.4 is 5.32 Å². The summed E-state index contributed by atoms with van der Waals surface area (Å²) in [6.45, 7) is 11.3. The number of nitrogens with one attached hydrogen (secondary N) is 1. The van der Waals surface area contributed by atoms with E-state index < -0.39 is 5.60 Å². The van der Waals surface area contributed by atoms with Gasteiger partial charge in [0.1, 0.15) is 16.6 Å². The van der Waals surface area contributed by atoms with Crippen LogP contribution in [0.3, 0.4) is 0 Å². The minimum atomic E-state index is -0.463. The highest BCUT2D eigenvalue weighted by molar-refractivity contribution is 6.29. The van der Waals surface area contributed by atoms with E-state index in [0.717, 1.165) is 30.1 Å². The van der Waals surface area contributed by atoms with E-state index in [-0.39, 0.29) is 6.09 Å². The van der Waals surface area contributed by atoms with E-state index >= 15 is 0 Å². The molecule has 1 aliphatic heterocycles. The Labute approximate surface area is 164 Å². The topological polar surface area (TPSA) is 71.8 Å². The van der Waals surface area contributed by atoms with Gasteiger partial charge in [0.05, 0.1) is 6.20 Å². The Morgan fingerprint density at radius 1 is 1.33 bits per heavy atom. The highest BCUT2D eigenvalue weighted by Gasteiger charge is 2.57. The molecule has 4 rings (SSSR count). The van der Waals surface area contributed by atoms with Gasteiger partial charge in [0.15, 0.2) is 5.65 Å². The molecule has 0 bridgehead atoms. The predicted molar refractivity (Wildman–Crippen MR) is 104 cm³/mol. The molecular formula is C19H26ClN5O2. The van der Waals surface area contributed by atoms with E-state index in [1.807, 2.05) is 37.5 Å². The fourth-order valence-electron chi connectivity index (χ4n) is 3.85. The number of anilines is 1. The normalized spacial score (nSPS) is 24.4. The van der Waals surface area contributed by atoms with Crippen LogP contribution in [0.15, 0.2) is 12.3 Å². The zero-order valence-corrected chi connectivity index (χ0v) is 17.1. The molecule has 7 nitrogen and oxygen atoms in total. The Bertz CT molecular complexity index is 876. The molecule has 2 unspecified atom stereocenters. The largest absolute Gasteiger partial charge is 0.444 e. The molecule has 1 aliphatic carbocycles. The van der Waals surface area contributed by atoms with Gasteiger partial charge in [0, 0.05) is 42.6 Å². The molecule has 27 heavy (non-hydrogen) atoms. The SMILES string of the molecule is CC(C)c1cnn2c(NC3C4CN(C(=O)OC(C)(C)C)CC43)cc(Cl)nc12. The lowest BCUT2D eigenvalue weighted by molar-refractivity contribution is 0.0272. The maximum absolute atomic E-state index is 12.2. The molecule has 0 spiro atoms. The molecule has 1 saturated heterocycles. The van der Waals surface area contributed by atoms with Gasteiger partial charge in [-0.25, -0.2) is 9.78 Å². The Balaban J connectivity index is 1.45. The number of aromatic nitrogens is 3. The van der Waals surface area contributed by atoms with Gasteiger partial charge < -0.3 is 15.0 Å². The van der Waals surface area contributed by atoms with Crippen molar-refractivity contribution >= 4 is 29.2 Å². The van der Waals surface area contributed by atoms with Crippen LogP contribution in [0.2, 0.25) is 5.15 Å². The molecular weight excluding hydrogens is 366 g/mol. The number of hydrogen-bond donors (Lipinski definition) is 1. The number of likely N-dealkylation sites (tertiary alicyclic amines) is 1. The van der Waals surface area contributed by atoms with E-state index in [4.69, 9.17) is 16.3 Å². The standard InChI is InChI=1S/C19H26ClN5O2/c1-10(2)11-7-21-25-15(6-14(20)22-17(11)25)23-16-12-8-24(9-13(12)16)18(26)27-19(3,4)5/h6-7,10,12-13,16,23H,8-9H2,1-5H3. The van der Waals surface area contributed by atoms with Gasteiger partial charge in [-0.3, -0.25) is 0 Å². The second-order valence-corrected chi connectivity index (χ2v) is 9.22. The molecule has 146 valence electrons. The molecule has 8 heteroatoms. The third-order valence-electron chi connectivity index (χ3n) is 5.25. The van der Waals surface area contributed by atoms with Crippen LogP contribution >= 0.6 is 11.6 Å². The summed E-state index contributed by atoms with van der Waals surface area (Å²) in [5, 5.41) is 8.50. The fraction of sp³-hybridized carbons (Fsp3) is 0.632. The van der Waals surface area contributed by atoms with Gasteiger partial charge in [-0.15, -0.1) is 0 Å². The Kier molecular flexibility index (Phi) is 4.25. The Morgan fingerprint density at radius 3 is 2.59 bits per heavy atom. The lowest BCUT2D eigenvalue weighted by Crippen LogP contribution is -2.38. The average molecular weight is 392 g/mol. The summed E-state index contributed by atoms with van der Waals surface area (Å²) in [5.41, 5.74) is 1.41. The molecule has 0 radical (unpaired) electrons. The molecule has 2 aliphatic rings. The van der Waals surface area contributed by atoms with Gasteiger partial charge >= 0.3 is 6.09 Å². The van der Waals surface area contributed by atoms with E-state index in [2.05, 4.69) is 29.2 Å². The predicted octanol–water partition coefficient (Wildman–Crippen LogP) is 3.78. The van der Waals surface area contributed by atoms with Gasteiger partial charge in [-0.1, -0.05) is 25.4 Å². The summed E-state index contributed by atoms with van der Waals surface area (Å²) in [6.07, 6.45) is 1.63. The van der Waals surface area contributed by atoms with E-state index in [1.54, 1.807) is 4.90 Å². The molecule has 2 atom stereocenters. The smallest absolute Gasteiger partial charge is 0.410 e. The van der Waals surface area contributed by atoms with Gasteiger partial charge in [0.25, 0.3) is 0 Å². The molecule has 1 saturated carbocycles. The molecule has 2 fully saturated rings. The average Bonchev–Trinajstić information content (AvgIpc) is 2.91. The first-order chi connectivity index (χ1) is 12.6. The van der Waals surface area contributed by atoms with Crippen LogP contribution in [0, 0.1) is 11.8 Å². The van der Waals surface area contributed by atoms with Crippen molar-refractivity contribution in [3.05, 3.63) is 23.0 Å². The number of carbonyl (C=O) groups is 1. The van der Waals surface area contributed by atoms with Crippen molar-refractivity contribution in [2.75, 3.05) is 18.4 Å². The van der Waals surface area contributed by atoms with Crippen molar-refractivity contribution in [1.29, 1.82) is 0 Å². The second-order valence-electron chi connectivity index (χ2n) is 8.84. The van der Waals surface area contributed by atoms with Crippen molar-refractivity contribution in [2.24, 2.45) is 11.8 Å². The molecule has 3 heterocycles. The first kappa shape index (κ1) is 18.3. The van der Waals surface area contributed by atoms with Crippen LogP contribution in [0.1, 0.15) is 46.1 Å². The number of carbonyl (C=O) groups excluding carboxylic acids is 1. The van der Waals surface area contributed by atoms with Crippen molar-refractivity contribution in [2.45, 2.75) is 52.2 Å². The van der Waals surface area contributed by atoms with Crippen LogP contribution in [-0.2, 0) is 4.74 Å². The summed E-state index contributed by atoms with van der Waals surface area (Å²) in [6, 6.07) is 2.13. The van der Waals surface area contributed by atoms with Gasteiger partial charge in [-0.2, -0.15) is 9.61 Å². The van der Waals surface area contributed by atoms with Crippen molar-refractivity contribution in [1.82, 2.24) is 19.5 Å². The van der Waals surface area contributed by atoms with Gasteiger partial charge in [0.2, 0.25) is 0 Å². The highest BCUT2D eigenvalue weighted by Crippen LogP contribution is 2.47. The second kappa shape index (κ2) is 6.26. The summed E-state index contributed by atoms with van der Waals surface area (Å²) < 4.78 is 7.29. The Hall–Kier alpha value is -2.02. The minimum absolute atomic E-state index is 0.226. The minimum Gasteiger partial charge on any atom is -0.444 e. The van der Waals surface area contributed by atoms with Crippen molar-refractivity contribution < 1.29 is 9.53 Å². The zero-order valence-electron chi connectivity index (χ0n) is 16.4. The third kappa shape index (κ3) is 3.45. The quantitative estimate of drug-likeness (QED) is 0.806. The number of fused-ring (bicyclic) bond motifs is 2. The number of halogens is 1. The van der Waals surface area contributed by atoms with E-state index in [9.17, 15) is 4.79 Å². The summed E-state index contributed by atoms with van der Waals surface area (Å²) in [5.74, 6) is 2.03. The number of piperidine rings is 1. The summed E-state index contributed by atoms with van der Waals surface area (Å²) >= 11 is 6.25. The number of hydrogen-bond acceptors (Lipinski definition) is 5. The lowest BCUT2D eigenvalue weighted by Gasteiger charge is -2.26. The molecule has 0 aromatic carbocycles. The lowest BCUT2D eigenvalue weighted by atomic mass is 10.1. The van der Waals surface area contributed by atoms with Crippen LogP contribution in [0.25, 0.3) is 5.65 Å². The molecule has 2 aromatic rings. The molecule has 1 amide bonds. The fourth-order valence-corrected chi connectivity index (χ4v) is 4.03. The van der Waals surface area contributed by atoms with Crippen molar-refractivity contribution in [3.8, 4) is 0 Å². The number of ether oxygens (including phenoxy) is 1. The van der Waals surface area contributed by atoms with Crippen LogP contribution in [0.5, 0.6) is 0 Å². The monoisotopic (exact) mass is 391 g/mol. The maximum atomic E-state index is 12.2. The van der Waals surface area contributed by atoms with E-state index in [1.165, 1.54) is 0 Å².